The minimum atomic E-state index is -0.0445. The van der Waals surface area contributed by atoms with E-state index in [1.54, 1.807) is 0 Å². The molecule has 0 fully saturated rings. The van der Waals surface area contributed by atoms with Crippen LogP contribution in [0.2, 0.25) is 0 Å². The molecule has 2 rings (SSSR count). The second-order valence-corrected chi connectivity index (χ2v) is 6.33. The Kier molecular flexibility index (Phi) is 3.17. The number of nitrogens with zero attached hydrogens (tertiary/aromatic N) is 1. The van der Waals surface area contributed by atoms with E-state index in [1.807, 2.05) is 18.2 Å². The van der Waals surface area contributed by atoms with E-state index in [2.05, 4.69) is 37.9 Å². The Labute approximate surface area is 103 Å². The van der Waals surface area contributed by atoms with Gasteiger partial charge in [-0.15, -0.1) is 0 Å². The molecule has 16 heavy (non-hydrogen) atoms. The topological polar surface area (TPSA) is 24.4 Å². The third-order valence-electron chi connectivity index (χ3n) is 2.88. The number of hydrogen-bond acceptors (Lipinski definition) is 2. The SMILES string of the molecule is C=C1[Se]C(Nc2ccccc2)=NC1(C)CC. The molecular formula is C13H16N2Se. The molecule has 0 bridgehead atoms. The normalized spacial score (nSPS) is 24.4. The van der Waals surface area contributed by atoms with Crippen LogP contribution in [0.3, 0.4) is 0 Å². The Bertz CT molecular complexity index is 425. The van der Waals surface area contributed by atoms with Crippen LogP contribution in [0.25, 0.3) is 0 Å². The molecule has 0 spiro atoms. The van der Waals surface area contributed by atoms with Gasteiger partial charge >= 0.3 is 103 Å². The van der Waals surface area contributed by atoms with Gasteiger partial charge in [-0.25, -0.2) is 0 Å². The molecular weight excluding hydrogens is 263 g/mol. The monoisotopic (exact) mass is 280 g/mol. The molecule has 3 heteroatoms. The Morgan fingerprint density at radius 2 is 2.06 bits per heavy atom. The van der Waals surface area contributed by atoms with Gasteiger partial charge < -0.3 is 0 Å². The summed E-state index contributed by atoms with van der Waals surface area (Å²) < 4.78 is 2.36. The van der Waals surface area contributed by atoms with Crippen molar-refractivity contribution in [3.05, 3.63) is 41.4 Å². The van der Waals surface area contributed by atoms with Crippen LogP contribution in [0.5, 0.6) is 0 Å². The zero-order chi connectivity index (χ0) is 11.6. The molecule has 1 aromatic rings. The number of nitrogens with one attached hydrogen (secondary N) is 1. The summed E-state index contributed by atoms with van der Waals surface area (Å²) in [6, 6.07) is 10.2. The average Bonchev–Trinajstić information content (AvgIpc) is 2.56. The van der Waals surface area contributed by atoms with Crippen molar-refractivity contribution in [1.82, 2.24) is 0 Å². The molecule has 0 saturated carbocycles. The van der Waals surface area contributed by atoms with E-state index in [4.69, 9.17) is 4.99 Å². The van der Waals surface area contributed by atoms with Crippen molar-refractivity contribution in [1.29, 1.82) is 0 Å². The van der Waals surface area contributed by atoms with Crippen LogP contribution in [-0.4, -0.2) is 25.2 Å². The van der Waals surface area contributed by atoms with Gasteiger partial charge in [0.2, 0.25) is 0 Å². The van der Waals surface area contributed by atoms with Crippen molar-refractivity contribution in [2.45, 2.75) is 25.8 Å². The first-order chi connectivity index (χ1) is 7.64. The maximum atomic E-state index is 4.75. The van der Waals surface area contributed by atoms with Crippen molar-refractivity contribution in [2.75, 3.05) is 5.32 Å². The van der Waals surface area contributed by atoms with Crippen LogP contribution in [0.1, 0.15) is 20.3 Å². The van der Waals surface area contributed by atoms with Gasteiger partial charge in [-0.1, -0.05) is 0 Å². The van der Waals surface area contributed by atoms with Gasteiger partial charge in [0.05, 0.1) is 0 Å². The van der Waals surface area contributed by atoms with E-state index >= 15 is 0 Å². The Hall–Kier alpha value is -1.05. The van der Waals surface area contributed by atoms with Gasteiger partial charge in [-0.05, 0) is 0 Å². The fourth-order valence-electron chi connectivity index (χ4n) is 1.51. The second kappa shape index (κ2) is 4.44. The predicted octanol–water partition coefficient (Wildman–Crippen LogP) is 2.85. The van der Waals surface area contributed by atoms with Gasteiger partial charge in [0.15, 0.2) is 0 Å². The van der Waals surface area contributed by atoms with Gasteiger partial charge in [-0.2, -0.15) is 0 Å². The molecule has 1 unspecified atom stereocenters. The van der Waals surface area contributed by atoms with Crippen LogP contribution < -0.4 is 5.32 Å². The molecule has 0 aliphatic carbocycles. The summed E-state index contributed by atoms with van der Waals surface area (Å²) in [6.45, 7) is 8.47. The number of benzene rings is 1. The van der Waals surface area contributed by atoms with Crippen LogP contribution in [0.15, 0.2) is 46.4 Å². The quantitative estimate of drug-likeness (QED) is 0.827. The first-order valence-corrected chi connectivity index (χ1v) is 7.14. The number of para-hydroxylation sites is 1. The molecule has 0 aromatic heterocycles. The van der Waals surface area contributed by atoms with E-state index in [9.17, 15) is 0 Å². The second-order valence-electron chi connectivity index (χ2n) is 4.06. The molecule has 2 nitrogen and oxygen atoms in total. The zero-order valence-electron chi connectivity index (χ0n) is 9.66. The summed E-state index contributed by atoms with van der Waals surface area (Å²) in [5, 5.41) is 3.38. The van der Waals surface area contributed by atoms with Crippen molar-refractivity contribution < 1.29 is 0 Å². The number of rotatable bonds is 2. The van der Waals surface area contributed by atoms with Crippen molar-refractivity contribution >= 4 is 25.4 Å². The van der Waals surface area contributed by atoms with E-state index in [-0.39, 0.29) is 20.5 Å². The Morgan fingerprint density at radius 3 is 2.62 bits per heavy atom. The van der Waals surface area contributed by atoms with Crippen LogP contribution in [0.4, 0.5) is 5.69 Å². The van der Waals surface area contributed by atoms with E-state index in [1.165, 1.54) is 4.47 Å². The van der Waals surface area contributed by atoms with Gasteiger partial charge in [0.25, 0.3) is 0 Å². The first-order valence-electron chi connectivity index (χ1n) is 5.43. The maximum absolute atomic E-state index is 4.75. The zero-order valence-corrected chi connectivity index (χ0v) is 11.4. The average molecular weight is 279 g/mol. The van der Waals surface area contributed by atoms with E-state index in [0.717, 1.165) is 16.8 Å². The van der Waals surface area contributed by atoms with Gasteiger partial charge in [0.1, 0.15) is 0 Å². The molecule has 1 aliphatic heterocycles. The molecule has 1 aliphatic rings. The number of amidine groups is 1. The summed E-state index contributed by atoms with van der Waals surface area (Å²) >= 11 is 0.278. The minimum absolute atomic E-state index is 0.0445. The van der Waals surface area contributed by atoms with E-state index in [0.29, 0.717) is 0 Å². The molecule has 0 amide bonds. The molecule has 1 aromatic carbocycles. The number of aliphatic imine (C=N–C) groups is 1. The molecule has 1 N–H and O–H groups in total. The fraction of sp³-hybridized carbons (Fsp3) is 0.308. The molecule has 1 heterocycles. The molecule has 0 saturated heterocycles. The van der Waals surface area contributed by atoms with Gasteiger partial charge in [0, 0.05) is 0 Å². The Balaban J connectivity index is 2.14. The van der Waals surface area contributed by atoms with Crippen LogP contribution in [0, 0.1) is 0 Å². The predicted molar refractivity (Wildman–Crippen MR) is 71.1 cm³/mol. The molecule has 0 radical (unpaired) electrons. The van der Waals surface area contributed by atoms with Gasteiger partial charge in [-0.3, -0.25) is 0 Å². The van der Waals surface area contributed by atoms with E-state index < -0.39 is 0 Å². The summed E-state index contributed by atoms with van der Waals surface area (Å²) in [5.41, 5.74) is 1.06. The number of anilines is 1. The van der Waals surface area contributed by atoms with Crippen LogP contribution in [-0.2, 0) is 0 Å². The summed E-state index contributed by atoms with van der Waals surface area (Å²) in [4.78, 5) is 4.75. The molecule has 1 atom stereocenters. The standard InChI is InChI=1S/C13H16N2Se/c1-4-13(3)10(2)16-12(15-13)14-11-8-6-5-7-9-11/h5-9H,2,4H2,1,3H3,(H,14,15). The third kappa shape index (κ3) is 2.21. The summed E-state index contributed by atoms with van der Waals surface area (Å²) in [7, 11) is 0. The summed E-state index contributed by atoms with van der Waals surface area (Å²) in [6.07, 6.45) is 1.02. The third-order valence-corrected chi connectivity index (χ3v) is 5.13. The van der Waals surface area contributed by atoms with Crippen molar-refractivity contribution in [3.63, 3.8) is 0 Å². The number of hydrogen-bond donors (Lipinski definition) is 1. The van der Waals surface area contributed by atoms with Crippen molar-refractivity contribution in [3.8, 4) is 0 Å². The Morgan fingerprint density at radius 1 is 1.38 bits per heavy atom. The fourth-order valence-corrected chi connectivity index (χ4v) is 3.73. The molecule has 84 valence electrons. The summed E-state index contributed by atoms with van der Waals surface area (Å²) in [5.74, 6) is 0. The first kappa shape index (κ1) is 11.4. The van der Waals surface area contributed by atoms with Crippen molar-refractivity contribution in [2.24, 2.45) is 4.99 Å². The van der Waals surface area contributed by atoms with Crippen LogP contribution >= 0.6 is 0 Å².